The van der Waals surface area contributed by atoms with Crippen LogP contribution in [-0.4, -0.2) is 18.8 Å². The minimum atomic E-state index is 0.636. The molecule has 0 aliphatic carbocycles. The quantitative estimate of drug-likeness (QED) is 0.669. The van der Waals surface area contributed by atoms with Gasteiger partial charge in [-0.25, -0.2) is 0 Å². The van der Waals surface area contributed by atoms with Crippen molar-refractivity contribution in [2.24, 2.45) is 16.8 Å². The van der Waals surface area contributed by atoms with Crippen molar-refractivity contribution >= 4 is 5.71 Å². The van der Waals surface area contributed by atoms with Gasteiger partial charge in [-0.3, -0.25) is 4.99 Å². The van der Waals surface area contributed by atoms with Gasteiger partial charge in [0.05, 0.1) is 0 Å². The molecular formula is C13H26N2. The molecule has 0 saturated heterocycles. The van der Waals surface area contributed by atoms with Crippen molar-refractivity contribution in [2.75, 3.05) is 13.1 Å². The van der Waals surface area contributed by atoms with Gasteiger partial charge >= 0.3 is 0 Å². The smallest absolute Gasteiger partial charge is 0.0415 e. The van der Waals surface area contributed by atoms with Crippen LogP contribution in [0, 0.1) is 11.8 Å². The zero-order valence-electron chi connectivity index (χ0n) is 11.1. The first-order chi connectivity index (χ1) is 6.91. The Labute approximate surface area is 94.9 Å². The molecule has 0 heterocycles. The Morgan fingerprint density at radius 2 is 1.73 bits per heavy atom. The van der Waals surface area contributed by atoms with Gasteiger partial charge in [-0.15, -0.1) is 0 Å². The third kappa shape index (κ3) is 9.51. The van der Waals surface area contributed by atoms with Gasteiger partial charge in [0.25, 0.3) is 0 Å². The van der Waals surface area contributed by atoms with Crippen molar-refractivity contribution in [3.05, 3.63) is 11.8 Å². The van der Waals surface area contributed by atoms with Crippen molar-refractivity contribution in [2.45, 2.75) is 41.5 Å². The second-order valence-corrected chi connectivity index (χ2v) is 4.98. The summed E-state index contributed by atoms with van der Waals surface area (Å²) in [6.45, 7) is 14.9. The number of nitrogens with zero attached hydrogens (tertiary/aromatic N) is 1. The molecule has 0 amide bonds. The average molecular weight is 210 g/mol. The Morgan fingerprint density at radius 3 is 2.20 bits per heavy atom. The molecule has 15 heavy (non-hydrogen) atoms. The summed E-state index contributed by atoms with van der Waals surface area (Å²) in [4.78, 5) is 4.49. The fourth-order valence-electron chi connectivity index (χ4n) is 1.10. The lowest BCUT2D eigenvalue weighted by atomic mass is 10.2. The topological polar surface area (TPSA) is 24.4 Å². The molecule has 0 aromatic rings. The standard InChI is InChI=1S/C13H26N2/c1-10(2)8-14-12(5)7-13(6)15-9-11(3)4/h7,10-11,14H,8-9H2,1-6H3. The van der Waals surface area contributed by atoms with Gasteiger partial charge in [-0.1, -0.05) is 27.7 Å². The molecule has 0 bridgehead atoms. The van der Waals surface area contributed by atoms with Crippen molar-refractivity contribution in [1.82, 2.24) is 5.32 Å². The van der Waals surface area contributed by atoms with Crippen molar-refractivity contribution in [1.29, 1.82) is 0 Å². The van der Waals surface area contributed by atoms with Crippen LogP contribution in [0.2, 0.25) is 0 Å². The third-order valence-corrected chi connectivity index (χ3v) is 1.92. The molecule has 2 nitrogen and oxygen atoms in total. The fourth-order valence-corrected chi connectivity index (χ4v) is 1.10. The van der Waals surface area contributed by atoms with Crippen LogP contribution in [0.25, 0.3) is 0 Å². The van der Waals surface area contributed by atoms with Crippen LogP contribution in [-0.2, 0) is 0 Å². The summed E-state index contributed by atoms with van der Waals surface area (Å²) in [5.74, 6) is 1.32. The number of aliphatic imine (C=N–C) groups is 1. The van der Waals surface area contributed by atoms with Gasteiger partial charge in [0.15, 0.2) is 0 Å². The summed E-state index contributed by atoms with van der Waals surface area (Å²) < 4.78 is 0. The molecule has 88 valence electrons. The Bertz CT molecular complexity index is 225. The first kappa shape index (κ1) is 14.2. The average Bonchev–Trinajstić information content (AvgIpc) is 2.11. The minimum Gasteiger partial charge on any atom is -0.388 e. The molecule has 0 aromatic carbocycles. The maximum atomic E-state index is 4.49. The van der Waals surface area contributed by atoms with Crippen molar-refractivity contribution in [3.8, 4) is 0 Å². The molecule has 0 aliphatic heterocycles. The number of rotatable bonds is 6. The van der Waals surface area contributed by atoms with Gasteiger partial charge in [0, 0.05) is 24.5 Å². The van der Waals surface area contributed by atoms with E-state index in [1.807, 2.05) is 0 Å². The summed E-state index contributed by atoms with van der Waals surface area (Å²) in [5, 5.41) is 3.38. The Balaban J connectivity index is 4.04. The van der Waals surface area contributed by atoms with Crippen LogP contribution in [0.4, 0.5) is 0 Å². The first-order valence-corrected chi connectivity index (χ1v) is 5.85. The van der Waals surface area contributed by atoms with E-state index in [-0.39, 0.29) is 0 Å². The number of nitrogens with one attached hydrogen (secondary N) is 1. The van der Waals surface area contributed by atoms with Crippen LogP contribution in [0.1, 0.15) is 41.5 Å². The van der Waals surface area contributed by atoms with E-state index < -0.39 is 0 Å². The monoisotopic (exact) mass is 210 g/mol. The van der Waals surface area contributed by atoms with E-state index in [0.29, 0.717) is 11.8 Å². The molecule has 0 fully saturated rings. The molecule has 0 aromatic heterocycles. The highest BCUT2D eigenvalue weighted by atomic mass is 14.9. The number of hydrogen-bond acceptors (Lipinski definition) is 2. The van der Waals surface area contributed by atoms with E-state index in [9.17, 15) is 0 Å². The predicted octanol–water partition coefficient (Wildman–Crippen LogP) is 3.25. The van der Waals surface area contributed by atoms with E-state index in [4.69, 9.17) is 0 Å². The maximum Gasteiger partial charge on any atom is 0.0415 e. The first-order valence-electron chi connectivity index (χ1n) is 5.85. The van der Waals surface area contributed by atoms with E-state index >= 15 is 0 Å². The molecule has 2 heteroatoms. The fraction of sp³-hybridized carbons (Fsp3) is 0.769. The lowest BCUT2D eigenvalue weighted by molar-refractivity contribution is 0.596. The zero-order chi connectivity index (χ0) is 11.8. The highest BCUT2D eigenvalue weighted by Gasteiger charge is 1.95. The van der Waals surface area contributed by atoms with Gasteiger partial charge < -0.3 is 5.32 Å². The molecule has 0 radical (unpaired) electrons. The van der Waals surface area contributed by atoms with Gasteiger partial charge in [0.2, 0.25) is 0 Å². The highest BCUT2D eigenvalue weighted by molar-refractivity contribution is 5.93. The Kier molecular flexibility index (Phi) is 7.10. The second-order valence-electron chi connectivity index (χ2n) is 4.98. The number of hydrogen-bond donors (Lipinski definition) is 1. The van der Waals surface area contributed by atoms with Crippen molar-refractivity contribution in [3.63, 3.8) is 0 Å². The summed E-state index contributed by atoms with van der Waals surface area (Å²) in [6.07, 6.45) is 2.12. The summed E-state index contributed by atoms with van der Waals surface area (Å²) >= 11 is 0. The Morgan fingerprint density at radius 1 is 1.13 bits per heavy atom. The minimum absolute atomic E-state index is 0.636. The molecule has 0 spiro atoms. The lowest BCUT2D eigenvalue weighted by Crippen LogP contribution is -2.18. The van der Waals surface area contributed by atoms with Crippen LogP contribution in [0.3, 0.4) is 0 Å². The molecule has 0 unspecified atom stereocenters. The predicted molar refractivity (Wildman–Crippen MR) is 69.4 cm³/mol. The zero-order valence-corrected chi connectivity index (χ0v) is 11.1. The van der Waals surface area contributed by atoms with E-state index in [1.165, 1.54) is 5.70 Å². The van der Waals surface area contributed by atoms with E-state index in [2.05, 4.69) is 57.9 Å². The lowest BCUT2D eigenvalue weighted by Gasteiger charge is -2.09. The molecule has 0 aliphatic rings. The van der Waals surface area contributed by atoms with Gasteiger partial charge in [0.1, 0.15) is 0 Å². The summed E-state index contributed by atoms with van der Waals surface area (Å²) in [5.41, 5.74) is 2.31. The molecule has 0 saturated carbocycles. The molecule has 0 atom stereocenters. The summed E-state index contributed by atoms with van der Waals surface area (Å²) in [6, 6.07) is 0. The highest BCUT2D eigenvalue weighted by Crippen LogP contribution is 1.96. The number of allylic oxidation sites excluding steroid dienone is 2. The van der Waals surface area contributed by atoms with Crippen LogP contribution in [0.5, 0.6) is 0 Å². The summed E-state index contributed by atoms with van der Waals surface area (Å²) in [7, 11) is 0. The molecule has 1 N–H and O–H groups in total. The normalized spacial score (nSPS) is 13.9. The molecule has 0 rings (SSSR count). The largest absolute Gasteiger partial charge is 0.388 e. The van der Waals surface area contributed by atoms with Crippen LogP contribution in [0.15, 0.2) is 16.8 Å². The molecular weight excluding hydrogens is 184 g/mol. The van der Waals surface area contributed by atoms with Gasteiger partial charge in [-0.05, 0) is 31.8 Å². The van der Waals surface area contributed by atoms with E-state index in [1.54, 1.807) is 0 Å². The second kappa shape index (κ2) is 7.49. The third-order valence-electron chi connectivity index (χ3n) is 1.92. The maximum absolute atomic E-state index is 4.49. The van der Waals surface area contributed by atoms with E-state index in [0.717, 1.165) is 18.8 Å². The van der Waals surface area contributed by atoms with Crippen LogP contribution < -0.4 is 5.32 Å². The van der Waals surface area contributed by atoms with Gasteiger partial charge in [-0.2, -0.15) is 0 Å². The Hall–Kier alpha value is -0.790. The SMILES string of the molecule is CC(=CC(C)=NCC(C)C)NCC(C)C. The van der Waals surface area contributed by atoms with Crippen LogP contribution >= 0.6 is 0 Å². The van der Waals surface area contributed by atoms with Crippen molar-refractivity contribution < 1.29 is 0 Å².